The van der Waals surface area contributed by atoms with Crippen molar-refractivity contribution in [2.24, 2.45) is 0 Å². The zero-order chi connectivity index (χ0) is 15.1. The van der Waals surface area contributed by atoms with Crippen LogP contribution in [0, 0.1) is 0 Å². The number of halogens is 1. The van der Waals surface area contributed by atoms with E-state index in [-0.39, 0.29) is 17.9 Å². The number of carbonyl (C=O) groups is 2. The summed E-state index contributed by atoms with van der Waals surface area (Å²) < 4.78 is 0.928. The van der Waals surface area contributed by atoms with E-state index in [0.29, 0.717) is 17.4 Å². The van der Waals surface area contributed by atoms with Crippen LogP contribution >= 0.6 is 27.7 Å². The van der Waals surface area contributed by atoms with E-state index in [1.807, 2.05) is 24.3 Å². The van der Waals surface area contributed by atoms with Gasteiger partial charge in [-0.15, -0.1) is 11.8 Å². The van der Waals surface area contributed by atoms with Crippen molar-refractivity contribution in [3.8, 4) is 0 Å². The van der Waals surface area contributed by atoms with Gasteiger partial charge >= 0.3 is 6.03 Å². The summed E-state index contributed by atoms with van der Waals surface area (Å²) in [5.41, 5.74) is 1.59. The van der Waals surface area contributed by atoms with E-state index >= 15 is 0 Å². The maximum atomic E-state index is 12.3. The van der Waals surface area contributed by atoms with Crippen LogP contribution in [0.2, 0.25) is 0 Å². The Balaban J connectivity index is 2.12. The third-order valence-electron chi connectivity index (χ3n) is 3.59. The molecule has 0 bridgehead atoms. The second-order valence-electron chi connectivity index (χ2n) is 5.25. The zero-order valence-electron chi connectivity index (χ0n) is 11.7. The summed E-state index contributed by atoms with van der Waals surface area (Å²) in [7, 11) is 0. The molecule has 2 amide bonds. The highest BCUT2D eigenvalue weighted by Crippen LogP contribution is 2.43. The van der Waals surface area contributed by atoms with Crippen LogP contribution in [0.25, 0.3) is 0 Å². The Bertz CT molecular complexity index is 659. The van der Waals surface area contributed by atoms with Gasteiger partial charge in [0.15, 0.2) is 5.78 Å². The van der Waals surface area contributed by atoms with Crippen LogP contribution in [0.1, 0.15) is 25.5 Å². The molecule has 2 aliphatic heterocycles. The predicted octanol–water partition coefficient (Wildman–Crippen LogP) is 3.45. The van der Waals surface area contributed by atoms with Crippen LogP contribution in [0.3, 0.4) is 0 Å². The first-order chi connectivity index (χ1) is 9.97. The molecule has 2 heterocycles. The van der Waals surface area contributed by atoms with Gasteiger partial charge in [0.25, 0.3) is 0 Å². The van der Waals surface area contributed by atoms with Crippen molar-refractivity contribution in [2.45, 2.75) is 25.1 Å². The summed E-state index contributed by atoms with van der Waals surface area (Å²) in [5, 5.41) is 4.07. The van der Waals surface area contributed by atoms with E-state index in [1.165, 1.54) is 0 Å². The van der Waals surface area contributed by atoms with E-state index in [1.54, 1.807) is 23.6 Å². The summed E-state index contributed by atoms with van der Waals surface area (Å²) in [6.45, 7) is 4.27. The van der Waals surface area contributed by atoms with Gasteiger partial charge in [0.2, 0.25) is 0 Å². The molecule has 0 aliphatic carbocycles. The third-order valence-corrected chi connectivity index (χ3v) is 5.30. The van der Waals surface area contributed by atoms with Gasteiger partial charge in [-0.1, -0.05) is 35.0 Å². The number of benzene rings is 1. The van der Waals surface area contributed by atoms with Gasteiger partial charge in [-0.2, -0.15) is 0 Å². The molecule has 1 aromatic rings. The molecule has 0 saturated carbocycles. The highest BCUT2D eigenvalue weighted by Gasteiger charge is 2.40. The molecule has 110 valence electrons. The molecule has 4 nitrogen and oxygen atoms in total. The Morgan fingerprint density at radius 1 is 1.48 bits per heavy atom. The van der Waals surface area contributed by atoms with Crippen LogP contribution in [0.15, 0.2) is 39.3 Å². The van der Waals surface area contributed by atoms with E-state index in [0.717, 1.165) is 15.1 Å². The largest absolute Gasteiger partial charge is 0.327 e. The monoisotopic (exact) mass is 366 g/mol. The van der Waals surface area contributed by atoms with E-state index in [2.05, 4.69) is 28.2 Å². The fraction of sp³-hybridized carbons (Fsp3) is 0.333. The average Bonchev–Trinajstić information content (AvgIpc) is 2.80. The van der Waals surface area contributed by atoms with Crippen LogP contribution in [0.4, 0.5) is 4.79 Å². The van der Waals surface area contributed by atoms with Gasteiger partial charge in [0.05, 0.1) is 16.6 Å². The normalized spacial score (nSPS) is 24.9. The number of thioether (sulfide) groups is 1. The third kappa shape index (κ3) is 2.62. The first-order valence-electron chi connectivity index (χ1n) is 6.72. The SMILES string of the molecule is CC(=O)C1=C2SC(C)CN2C(=O)NC1c1cccc(Br)c1. The van der Waals surface area contributed by atoms with E-state index in [9.17, 15) is 9.59 Å². The number of nitrogens with one attached hydrogen (secondary N) is 1. The maximum Gasteiger partial charge on any atom is 0.323 e. The molecule has 2 aliphatic rings. The molecule has 1 saturated heterocycles. The lowest BCUT2D eigenvalue weighted by Crippen LogP contribution is -2.46. The number of urea groups is 1. The van der Waals surface area contributed by atoms with E-state index < -0.39 is 0 Å². The lowest BCUT2D eigenvalue weighted by molar-refractivity contribution is -0.114. The molecular formula is C15H15BrN2O2S. The standard InChI is InChI=1S/C15H15BrN2O2S/c1-8-7-18-14(21-8)12(9(2)19)13(17-15(18)20)10-4-3-5-11(16)6-10/h3-6,8,13H,7H2,1-2H3,(H,17,20). The fourth-order valence-electron chi connectivity index (χ4n) is 2.70. The first kappa shape index (κ1) is 14.7. The highest BCUT2D eigenvalue weighted by molar-refractivity contribution is 9.10. The number of carbonyl (C=O) groups excluding carboxylic acids is 2. The highest BCUT2D eigenvalue weighted by atomic mass is 79.9. The molecule has 0 spiro atoms. The van der Waals surface area contributed by atoms with Gasteiger partial charge < -0.3 is 5.32 Å². The van der Waals surface area contributed by atoms with Crippen LogP contribution in [0.5, 0.6) is 0 Å². The molecule has 21 heavy (non-hydrogen) atoms. The Kier molecular flexibility index (Phi) is 3.84. The maximum absolute atomic E-state index is 12.3. The molecule has 6 heteroatoms. The molecule has 0 radical (unpaired) electrons. The lowest BCUT2D eigenvalue weighted by atomic mass is 9.95. The Morgan fingerprint density at radius 2 is 2.24 bits per heavy atom. The van der Waals surface area contributed by atoms with Crippen molar-refractivity contribution >= 4 is 39.5 Å². The van der Waals surface area contributed by atoms with Gasteiger partial charge in [-0.3, -0.25) is 9.69 Å². The summed E-state index contributed by atoms with van der Waals surface area (Å²) >= 11 is 5.04. The van der Waals surface area contributed by atoms with Gasteiger partial charge in [0, 0.05) is 16.3 Å². The Hall–Kier alpha value is -1.27. The number of amides is 2. The van der Waals surface area contributed by atoms with Crippen molar-refractivity contribution in [2.75, 3.05) is 6.54 Å². The summed E-state index contributed by atoms with van der Waals surface area (Å²) in [4.78, 5) is 26.1. The van der Waals surface area contributed by atoms with Crippen LogP contribution in [-0.2, 0) is 4.79 Å². The number of Topliss-reactive ketones (excluding diaryl/α,β-unsaturated/α-hetero) is 1. The van der Waals surface area contributed by atoms with Gasteiger partial charge in [0.1, 0.15) is 0 Å². The molecular weight excluding hydrogens is 352 g/mol. The summed E-state index contributed by atoms with van der Waals surface area (Å²) in [6, 6.07) is 7.19. The second kappa shape index (κ2) is 5.50. The van der Waals surface area contributed by atoms with Crippen molar-refractivity contribution in [1.29, 1.82) is 0 Å². The number of ketones is 1. The van der Waals surface area contributed by atoms with Crippen LogP contribution < -0.4 is 5.32 Å². The second-order valence-corrected chi connectivity index (χ2v) is 7.59. The molecule has 3 rings (SSSR count). The van der Waals surface area contributed by atoms with E-state index in [4.69, 9.17) is 0 Å². The molecule has 2 unspecified atom stereocenters. The molecule has 2 atom stereocenters. The smallest absolute Gasteiger partial charge is 0.323 e. The predicted molar refractivity (Wildman–Crippen MR) is 86.9 cm³/mol. The summed E-state index contributed by atoms with van der Waals surface area (Å²) in [6.07, 6.45) is 0. The first-order valence-corrected chi connectivity index (χ1v) is 8.40. The zero-order valence-corrected chi connectivity index (χ0v) is 14.1. The molecule has 1 fully saturated rings. The number of hydrogen-bond acceptors (Lipinski definition) is 3. The molecule has 1 N–H and O–H groups in total. The van der Waals surface area contributed by atoms with Gasteiger partial charge in [-0.05, 0) is 24.6 Å². The van der Waals surface area contributed by atoms with Gasteiger partial charge in [-0.25, -0.2) is 4.79 Å². The summed E-state index contributed by atoms with van der Waals surface area (Å²) in [5.74, 6) is 0.00146. The van der Waals surface area contributed by atoms with Crippen molar-refractivity contribution in [3.63, 3.8) is 0 Å². The number of fused-ring (bicyclic) bond motifs is 1. The minimum absolute atomic E-state index is 0.00146. The molecule has 0 aromatic heterocycles. The quantitative estimate of drug-likeness (QED) is 0.871. The number of nitrogens with zero attached hydrogens (tertiary/aromatic N) is 1. The minimum atomic E-state index is -0.378. The molecule has 1 aromatic carbocycles. The average molecular weight is 367 g/mol. The van der Waals surface area contributed by atoms with Crippen molar-refractivity contribution < 1.29 is 9.59 Å². The van der Waals surface area contributed by atoms with Crippen molar-refractivity contribution in [3.05, 3.63) is 44.9 Å². The minimum Gasteiger partial charge on any atom is -0.327 e. The fourth-order valence-corrected chi connectivity index (χ4v) is 4.40. The van der Waals surface area contributed by atoms with Crippen molar-refractivity contribution in [1.82, 2.24) is 10.2 Å². The lowest BCUT2D eigenvalue weighted by Gasteiger charge is -2.32. The Labute approximate surface area is 136 Å². The number of hydrogen-bond donors (Lipinski definition) is 1. The van der Waals surface area contributed by atoms with Crippen LogP contribution in [-0.4, -0.2) is 28.5 Å². The Morgan fingerprint density at radius 3 is 2.90 bits per heavy atom. The number of rotatable bonds is 2. The topological polar surface area (TPSA) is 49.4 Å².